The van der Waals surface area contributed by atoms with Gasteiger partial charge in [-0.15, -0.1) is 11.3 Å². The van der Waals surface area contributed by atoms with Crippen LogP contribution in [0, 0.1) is 0 Å². The molecule has 0 unspecified atom stereocenters. The molecule has 1 heterocycles. The lowest BCUT2D eigenvalue weighted by Gasteiger charge is -2.19. The molecule has 0 saturated heterocycles. The highest BCUT2D eigenvalue weighted by Gasteiger charge is 2.24. The molecule has 1 aromatic heterocycles. The van der Waals surface area contributed by atoms with Gasteiger partial charge in [0.2, 0.25) is 0 Å². The summed E-state index contributed by atoms with van der Waals surface area (Å²) in [7, 11) is -1.86. The van der Waals surface area contributed by atoms with Crippen LogP contribution < -0.4 is 5.73 Å². The van der Waals surface area contributed by atoms with E-state index in [4.69, 9.17) is 18.0 Å². The number of thiophene rings is 1. The van der Waals surface area contributed by atoms with Crippen LogP contribution in [-0.2, 0) is 10.0 Å². The molecule has 90 valence electrons. The summed E-state index contributed by atoms with van der Waals surface area (Å²) in [4.78, 5) is 0.837. The minimum Gasteiger partial charge on any atom is -0.389 e. The molecule has 0 spiro atoms. The summed E-state index contributed by atoms with van der Waals surface area (Å²) in [5.41, 5.74) is 5.44. The van der Waals surface area contributed by atoms with Crippen LogP contribution in [0.25, 0.3) is 0 Å². The highest BCUT2D eigenvalue weighted by molar-refractivity contribution is 7.91. The fraction of sp³-hybridized carbons (Fsp3) is 0.444. The molecule has 2 N–H and O–H groups in total. The van der Waals surface area contributed by atoms with Crippen LogP contribution >= 0.6 is 23.6 Å². The lowest BCUT2D eigenvalue weighted by atomic mass is 10.4. The molecule has 0 aliphatic heterocycles. The molecule has 0 aliphatic rings. The Hall–Kier alpha value is -0.500. The third kappa shape index (κ3) is 2.60. The van der Waals surface area contributed by atoms with Gasteiger partial charge >= 0.3 is 0 Å². The SMILES string of the molecule is CC(C)N(C)S(=O)(=O)c1ccc(C(N)=S)s1. The van der Waals surface area contributed by atoms with Crippen LogP contribution in [0.3, 0.4) is 0 Å². The van der Waals surface area contributed by atoms with Crippen molar-refractivity contribution in [2.24, 2.45) is 5.73 Å². The third-order valence-corrected chi connectivity index (χ3v) is 6.15. The second kappa shape index (κ2) is 4.79. The number of thiocarbonyl (C=S) groups is 1. The van der Waals surface area contributed by atoms with E-state index in [-0.39, 0.29) is 15.2 Å². The Balaban J connectivity index is 3.13. The monoisotopic (exact) mass is 278 g/mol. The van der Waals surface area contributed by atoms with Crippen molar-refractivity contribution in [1.29, 1.82) is 0 Å². The molecule has 0 radical (unpaired) electrons. The van der Waals surface area contributed by atoms with E-state index >= 15 is 0 Å². The van der Waals surface area contributed by atoms with Crippen LogP contribution in [0.2, 0.25) is 0 Å². The minimum atomic E-state index is -3.41. The average molecular weight is 278 g/mol. The molecule has 0 aromatic carbocycles. The predicted octanol–water partition coefficient (Wildman–Crippen LogP) is 1.41. The molecule has 0 amide bonds. The lowest BCUT2D eigenvalue weighted by molar-refractivity contribution is 0.412. The number of hydrogen-bond donors (Lipinski definition) is 1. The highest BCUT2D eigenvalue weighted by atomic mass is 32.2. The normalized spacial score (nSPS) is 12.3. The van der Waals surface area contributed by atoms with E-state index in [0.29, 0.717) is 4.88 Å². The van der Waals surface area contributed by atoms with E-state index in [1.165, 1.54) is 10.4 Å². The molecule has 16 heavy (non-hydrogen) atoms. The van der Waals surface area contributed by atoms with Crippen LogP contribution in [0.4, 0.5) is 0 Å². The van der Waals surface area contributed by atoms with Gasteiger partial charge in [-0.25, -0.2) is 8.42 Å². The minimum absolute atomic E-state index is 0.0830. The summed E-state index contributed by atoms with van der Waals surface area (Å²) in [5.74, 6) is 0. The van der Waals surface area contributed by atoms with Crippen LogP contribution in [-0.4, -0.2) is 30.8 Å². The van der Waals surface area contributed by atoms with E-state index in [1.807, 2.05) is 13.8 Å². The van der Waals surface area contributed by atoms with Gasteiger partial charge in [-0.2, -0.15) is 4.31 Å². The van der Waals surface area contributed by atoms with Crippen LogP contribution in [0.15, 0.2) is 16.3 Å². The van der Waals surface area contributed by atoms with Gasteiger partial charge in [0, 0.05) is 13.1 Å². The molecule has 0 bridgehead atoms. The molecule has 0 fully saturated rings. The van der Waals surface area contributed by atoms with Crippen molar-refractivity contribution in [2.45, 2.75) is 24.1 Å². The van der Waals surface area contributed by atoms with E-state index < -0.39 is 10.0 Å². The van der Waals surface area contributed by atoms with Crippen molar-refractivity contribution in [2.75, 3.05) is 7.05 Å². The first-order chi connectivity index (χ1) is 7.26. The second-order valence-corrected chi connectivity index (χ2v) is 7.35. The van der Waals surface area contributed by atoms with Crippen molar-refractivity contribution in [3.8, 4) is 0 Å². The molecule has 1 rings (SSSR count). The molecule has 7 heteroatoms. The highest BCUT2D eigenvalue weighted by Crippen LogP contribution is 2.25. The Morgan fingerprint density at radius 3 is 2.44 bits per heavy atom. The summed E-state index contributed by atoms with van der Waals surface area (Å²) in [6, 6.07) is 3.09. The van der Waals surface area contributed by atoms with Crippen LogP contribution in [0.5, 0.6) is 0 Å². The fourth-order valence-corrected chi connectivity index (χ4v) is 3.92. The quantitative estimate of drug-likeness (QED) is 0.846. The Labute approximate surface area is 105 Å². The summed E-state index contributed by atoms with van der Waals surface area (Å²) >= 11 is 5.89. The van der Waals surface area contributed by atoms with Gasteiger partial charge < -0.3 is 5.73 Å². The van der Waals surface area contributed by atoms with Crippen molar-refractivity contribution >= 4 is 38.6 Å². The van der Waals surface area contributed by atoms with Crippen molar-refractivity contribution in [3.05, 3.63) is 17.0 Å². The van der Waals surface area contributed by atoms with E-state index in [2.05, 4.69) is 0 Å². The van der Waals surface area contributed by atoms with E-state index in [0.717, 1.165) is 11.3 Å². The molecule has 0 atom stereocenters. The number of nitrogens with zero attached hydrogens (tertiary/aromatic N) is 1. The lowest BCUT2D eigenvalue weighted by Crippen LogP contribution is -2.32. The largest absolute Gasteiger partial charge is 0.389 e. The summed E-state index contributed by atoms with van der Waals surface area (Å²) in [5, 5.41) is 0. The van der Waals surface area contributed by atoms with E-state index in [9.17, 15) is 8.42 Å². The average Bonchev–Trinajstić information content (AvgIpc) is 2.65. The fourth-order valence-electron chi connectivity index (χ4n) is 1.01. The number of rotatable bonds is 4. The number of sulfonamides is 1. The zero-order valence-electron chi connectivity index (χ0n) is 9.30. The zero-order chi connectivity index (χ0) is 12.5. The Morgan fingerprint density at radius 2 is 2.06 bits per heavy atom. The molecule has 1 aromatic rings. The third-order valence-electron chi connectivity index (χ3n) is 2.18. The number of nitrogens with two attached hydrogens (primary N) is 1. The predicted molar refractivity (Wildman–Crippen MR) is 70.3 cm³/mol. The van der Waals surface area contributed by atoms with E-state index in [1.54, 1.807) is 13.1 Å². The van der Waals surface area contributed by atoms with Gasteiger partial charge in [0.25, 0.3) is 10.0 Å². The molecule has 0 saturated carbocycles. The maximum absolute atomic E-state index is 12.1. The first-order valence-corrected chi connectivity index (χ1v) is 7.31. The van der Waals surface area contributed by atoms with Crippen molar-refractivity contribution < 1.29 is 8.42 Å². The van der Waals surface area contributed by atoms with Gasteiger partial charge in [-0.3, -0.25) is 0 Å². The molecule has 0 aliphatic carbocycles. The summed E-state index contributed by atoms with van der Waals surface area (Å²) < 4.78 is 25.7. The van der Waals surface area contributed by atoms with Crippen molar-refractivity contribution in [1.82, 2.24) is 4.31 Å². The summed E-state index contributed by atoms with van der Waals surface area (Å²) in [6.07, 6.45) is 0. The van der Waals surface area contributed by atoms with Crippen molar-refractivity contribution in [3.63, 3.8) is 0 Å². The summed E-state index contributed by atoms with van der Waals surface area (Å²) in [6.45, 7) is 3.64. The Morgan fingerprint density at radius 1 is 1.50 bits per heavy atom. The van der Waals surface area contributed by atoms with Gasteiger partial charge in [-0.05, 0) is 26.0 Å². The van der Waals surface area contributed by atoms with Gasteiger partial charge in [-0.1, -0.05) is 12.2 Å². The molecular weight excluding hydrogens is 264 g/mol. The maximum atomic E-state index is 12.1. The molecular formula is C9H14N2O2S3. The second-order valence-electron chi connectivity index (χ2n) is 3.60. The smallest absolute Gasteiger partial charge is 0.252 e. The first kappa shape index (κ1) is 13.6. The Bertz CT molecular complexity index is 491. The first-order valence-electron chi connectivity index (χ1n) is 4.64. The van der Waals surface area contributed by atoms with Gasteiger partial charge in [0.1, 0.15) is 9.20 Å². The van der Waals surface area contributed by atoms with Crippen LogP contribution in [0.1, 0.15) is 18.7 Å². The maximum Gasteiger partial charge on any atom is 0.252 e. The number of hydrogen-bond acceptors (Lipinski definition) is 4. The zero-order valence-corrected chi connectivity index (χ0v) is 11.7. The topological polar surface area (TPSA) is 63.4 Å². The van der Waals surface area contributed by atoms with Gasteiger partial charge in [0.05, 0.1) is 4.88 Å². The van der Waals surface area contributed by atoms with Gasteiger partial charge in [0.15, 0.2) is 0 Å². The molecule has 4 nitrogen and oxygen atoms in total. The standard InChI is InChI=1S/C9H14N2O2S3/c1-6(2)11(3)16(12,13)8-5-4-7(15-8)9(10)14/h4-6H,1-3H3,(H2,10,14). The Kier molecular flexibility index (Phi) is 4.06.